The van der Waals surface area contributed by atoms with Gasteiger partial charge in [-0.25, -0.2) is 0 Å². The Morgan fingerprint density at radius 2 is 2.00 bits per heavy atom. The lowest BCUT2D eigenvalue weighted by molar-refractivity contribution is -0.136. The Morgan fingerprint density at radius 1 is 1.18 bits per heavy atom. The molecule has 1 saturated heterocycles. The molecule has 0 radical (unpaired) electrons. The number of piperidine rings is 1. The zero-order valence-corrected chi connectivity index (χ0v) is 16.0. The van der Waals surface area contributed by atoms with Crippen molar-refractivity contribution in [1.82, 2.24) is 10.2 Å². The Morgan fingerprint density at radius 3 is 2.75 bits per heavy atom. The fraction of sp³-hybridized carbons (Fsp3) is 0.318. The van der Waals surface area contributed by atoms with E-state index < -0.39 is 17.8 Å². The van der Waals surface area contributed by atoms with Crippen LogP contribution >= 0.6 is 0 Å². The van der Waals surface area contributed by atoms with Gasteiger partial charge in [0.1, 0.15) is 6.02 Å². The summed E-state index contributed by atoms with van der Waals surface area (Å²) >= 11 is 0. The van der Waals surface area contributed by atoms with E-state index in [9.17, 15) is 14.4 Å². The quantitative estimate of drug-likeness (QED) is 0.802. The van der Waals surface area contributed by atoms with Crippen molar-refractivity contribution in [3.05, 3.63) is 64.2 Å². The van der Waals surface area contributed by atoms with Crippen molar-refractivity contribution in [2.45, 2.75) is 45.8 Å². The normalized spacial score (nSPS) is 22.0. The Hall–Kier alpha value is -3.15. The van der Waals surface area contributed by atoms with Crippen LogP contribution in [0.15, 0.2) is 36.4 Å². The van der Waals surface area contributed by atoms with E-state index in [4.69, 9.17) is 1.37 Å². The first-order valence-corrected chi connectivity index (χ1v) is 9.38. The van der Waals surface area contributed by atoms with Crippen LogP contribution in [0.1, 0.15) is 46.8 Å². The number of nitrogens with one attached hydrogen (secondary N) is 2. The summed E-state index contributed by atoms with van der Waals surface area (Å²) in [6.45, 7) is 4.91. The maximum Gasteiger partial charge on any atom is 0.255 e. The Bertz CT molecular complexity index is 1040. The SMILES string of the molecule is [2H]C1(N2Cc3c(NCc4ccc(C)c(C)c4)cccc3C2=O)CCC(=O)NC1=O. The largest absolute Gasteiger partial charge is 0.381 e. The van der Waals surface area contributed by atoms with Crippen molar-refractivity contribution in [3.63, 3.8) is 0 Å². The highest BCUT2D eigenvalue weighted by Gasteiger charge is 2.39. The third-order valence-corrected chi connectivity index (χ3v) is 5.45. The molecule has 3 amide bonds. The van der Waals surface area contributed by atoms with Crippen molar-refractivity contribution in [3.8, 4) is 0 Å². The number of benzene rings is 2. The Kier molecular flexibility index (Phi) is 4.31. The van der Waals surface area contributed by atoms with Crippen LogP contribution in [0, 0.1) is 13.8 Å². The van der Waals surface area contributed by atoms with Crippen molar-refractivity contribution >= 4 is 23.4 Å². The van der Waals surface area contributed by atoms with Crippen LogP contribution in [-0.2, 0) is 22.7 Å². The van der Waals surface area contributed by atoms with Gasteiger partial charge in [0.25, 0.3) is 5.91 Å². The molecule has 1 fully saturated rings. The Labute approximate surface area is 165 Å². The van der Waals surface area contributed by atoms with Crippen LogP contribution in [0.4, 0.5) is 5.69 Å². The lowest BCUT2D eigenvalue weighted by Gasteiger charge is -2.29. The van der Waals surface area contributed by atoms with Gasteiger partial charge in [0.05, 0.1) is 1.37 Å². The molecule has 2 aromatic rings. The molecule has 2 aromatic carbocycles. The maximum atomic E-state index is 13.0. The number of amides is 3. The minimum Gasteiger partial charge on any atom is -0.381 e. The number of carbonyl (C=O) groups is 3. The van der Waals surface area contributed by atoms with Gasteiger partial charge in [0.15, 0.2) is 0 Å². The average Bonchev–Trinajstić information content (AvgIpc) is 3.04. The molecule has 1 atom stereocenters. The van der Waals surface area contributed by atoms with Crippen LogP contribution < -0.4 is 10.6 Å². The molecule has 2 heterocycles. The second kappa shape index (κ2) is 7.11. The van der Waals surface area contributed by atoms with Gasteiger partial charge in [-0.2, -0.15) is 0 Å². The molecule has 0 aromatic heterocycles. The number of nitrogens with zero attached hydrogens (tertiary/aromatic N) is 1. The summed E-state index contributed by atoms with van der Waals surface area (Å²) in [6, 6.07) is 9.92. The highest BCUT2D eigenvalue weighted by Crippen LogP contribution is 2.32. The van der Waals surface area contributed by atoms with Crippen LogP contribution in [0.5, 0.6) is 0 Å². The number of rotatable bonds is 4. The van der Waals surface area contributed by atoms with Gasteiger partial charge in [-0.05, 0) is 49.1 Å². The van der Waals surface area contributed by atoms with Crippen molar-refractivity contribution in [2.75, 3.05) is 5.32 Å². The predicted octanol–water partition coefficient (Wildman–Crippen LogP) is 2.68. The Balaban J connectivity index is 1.57. The maximum absolute atomic E-state index is 13.0. The minimum absolute atomic E-state index is 0.00278. The zero-order chi connectivity index (χ0) is 20.8. The number of fused-ring (bicyclic) bond motifs is 1. The van der Waals surface area contributed by atoms with Gasteiger partial charge >= 0.3 is 0 Å². The molecule has 0 spiro atoms. The molecule has 2 aliphatic heterocycles. The summed E-state index contributed by atoms with van der Waals surface area (Å²) in [5.41, 5.74) is 5.67. The number of carbonyl (C=O) groups excluding carboxylic acids is 3. The number of imide groups is 1. The number of hydrogen-bond donors (Lipinski definition) is 2. The first kappa shape index (κ1) is 17.0. The monoisotopic (exact) mass is 378 g/mol. The van der Waals surface area contributed by atoms with Gasteiger partial charge in [-0.3, -0.25) is 19.7 Å². The molecule has 1 unspecified atom stereocenters. The van der Waals surface area contributed by atoms with Crippen LogP contribution in [0.2, 0.25) is 0 Å². The number of aryl methyl sites for hydroxylation is 2. The van der Waals surface area contributed by atoms with Crippen molar-refractivity contribution < 1.29 is 15.8 Å². The van der Waals surface area contributed by atoms with Crippen LogP contribution in [0.25, 0.3) is 0 Å². The molecular formula is C22H23N3O3. The van der Waals surface area contributed by atoms with E-state index in [1.807, 2.05) is 6.07 Å². The lowest BCUT2D eigenvalue weighted by atomic mass is 10.0. The molecule has 6 nitrogen and oxygen atoms in total. The van der Waals surface area contributed by atoms with Crippen molar-refractivity contribution in [1.29, 1.82) is 0 Å². The minimum atomic E-state index is -1.77. The first-order chi connectivity index (χ1) is 13.8. The molecular weight excluding hydrogens is 354 g/mol. The molecule has 2 aliphatic rings. The van der Waals surface area contributed by atoms with E-state index in [0.717, 1.165) is 16.8 Å². The summed E-state index contributed by atoms with van der Waals surface area (Å²) in [7, 11) is 0. The summed E-state index contributed by atoms with van der Waals surface area (Å²) in [6.07, 6.45) is 0.0516. The van der Waals surface area contributed by atoms with E-state index >= 15 is 0 Å². The molecule has 0 saturated carbocycles. The van der Waals surface area contributed by atoms with Crippen LogP contribution in [-0.4, -0.2) is 28.6 Å². The lowest BCUT2D eigenvalue weighted by Crippen LogP contribution is -2.52. The molecule has 2 N–H and O–H groups in total. The summed E-state index contributed by atoms with van der Waals surface area (Å²) < 4.78 is 8.59. The molecule has 0 aliphatic carbocycles. The molecule has 6 heteroatoms. The standard InChI is InChI=1S/C22H23N3O3/c1-13-6-7-15(10-14(13)2)11-23-18-5-3-4-16-17(18)12-25(22(16)28)19-8-9-20(26)24-21(19)27/h3-7,10,19,23H,8-9,11-12H2,1-2H3,(H,24,26,27)/i19D. The molecule has 0 bridgehead atoms. The second-order valence-corrected chi connectivity index (χ2v) is 7.32. The summed E-state index contributed by atoms with van der Waals surface area (Å²) in [5, 5.41) is 5.58. The molecule has 28 heavy (non-hydrogen) atoms. The van der Waals surface area contributed by atoms with Gasteiger partial charge in [-0.15, -0.1) is 0 Å². The third-order valence-electron chi connectivity index (χ3n) is 5.45. The van der Waals surface area contributed by atoms with Gasteiger partial charge in [-0.1, -0.05) is 24.3 Å². The van der Waals surface area contributed by atoms with Crippen LogP contribution in [0.3, 0.4) is 0 Å². The highest BCUT2D eigenvalue weighted by atomic mass is 16.2. The van der Waals surface area contributed by atoms with E-state index in [0.29, 0.717) is 12.1 Å². The first-order valence-electron chi connectivity index (χ1n) is 9.88. The van der Waals surface area contributed by atoms with E-state index in [1.54, 1.807) is 12.1 Å². The van der Waals surface area contributed by atoms with E-state index in [1.165, 1.54) is 16.0 Å². The fourth-order valence-corrected chi connectivity index (χ4v) is 3.69. The average molecular weight is 378 g/mol. The van der Waals surface area contributed by atoms with Gasteiger partial charge in [0.2, 0.25) is 11.8 Å². The zero-order valence-electron chi connectivity index (χ0n) is 17.0. The molecule has 144 valence electrons. The second-order valence-electron chi connectivity index (χ2n) is 7.32. The predicted molar refractivity (Wildman–Crippen MR) is 106 cm³/mol. The fourth-order valence-electron chi connectivity index (χ4n) is 3.69. The number of anilines is 1. The van der Waals surface area contributed by atoms with E-state index in [-0.39, 0.29) is 25.3 Å². The smallest absolute Gasteiger partial charge is 0.255 e. The van der Waals surface area contributed by atoms with Crippen molar-refractivity contribution in [2.24, 2.45) is 0 Å². The summed E-state index contributed by atoms with van der Waals surface area (Å²) in [5.74, 6) is -1.49. The summed E-state index contributed by atoms with van der Waals surface area (Å²) in [4.78, 5) is 38.0. The van der Waals surface area contributed by atoms with Gasteiger partial charge in [0, 0.05) is 36.3 Å². The topological polar surface area (TPSA) is 78.5 Å². The molecule has 4 rings (SSSR count). The van der Waals surface area contributed by atoms with Gasteiger partial charge < -0.3 is 10.2 Å². The van der Waals surface area contributed by atoms with E-state index in [2.05, 4.69) is 42.7 Å². The third kappa shape index (κ3) is 3.26. The number of hydrogen-bond acceptors (Lipinski definition) is 4. The highest BCUT2D eigenvalue weighted by molar-refractivity contribution is 6.06.